The smallest absolute Gasteiger partial charge is 0.380 e. The third kappa shape index (κ3) is 6.21. The number of ether oxygens (including phenoxy) is 1. The molecular formula is C30H27F3N4O3. The second-order valence-electron chi connectivity index (χ2n) is 9.12. The van der Waals surface area contributed by atoms with E-state index in [1.165, 1.54) is 21.6 Å². The number of carbonyl (C=O) groups excluding carboxylic acids is 1. The van der Waals surface area contributed by atoms with E-state index in [0.717, 1.165) is 12.1 Å². The highest BCUT2D eigenvalue weighted by Gasteiger charge is 2.31. The normalized spacial score (nSPS) is 12.2. The Morgan fingerprint density at radius 1 is 1.07 bits per heavy atom. The average molecular weight is 549 g/mol. The number of amides is 1. The first-order chi connectivity index (χ1) is 19.1. The van der Waals surface area contributed by atoms with Gasteiger partial charge in [-0.05, 0) is 67.9 Å². The largest absolute Gasteiger partial charge is 0.416 e. The number of hydrogen-bond donors (Lipinski definition) is 0. The number of benzene rings is 3. The molecule has 0 N–H and O–H groups in total. The molecule has 0 spiro atoms. The summed E-state index contributed by atoms with van der Waals surface area (Å²) < 4.78 is 45.9. The Bertz CT molecular complexity index is 1590. The molecule has 0 aliphatic carbocycles. The summed E-state index contributed by atoms with van der Waals surface area (Å²) in [7, 11) is 0. The molecule has 0 aliphatic heterocycles. The van der Waals surface area contributed by atoms with E-state index < -0.39 is 17.8 Å². The Labute approximate surface area is 229 Å². The van der Waals surface area contributed by atoms with Crippen LogP contribution in [0.4, 0.5) is 13.2 Å². The molecule has 0 fully saturated rings. The van der Waals surface area contributed by atoms with Gasteiger partial charge in [-0.1, -0.05) is 24.3 Å². The molecule has 0 radical (unpaired) electrons. The monoisotopic (exact) mass is 548 g/mol. The molecule has 1 aromatic heterocycles. The van der Waals surface area contributed by atoms with Crippen LogP contribution in [0.15, 0.2) is 77.6 Å². The first-order valence-electron chi connectivity index (χ1n) is 12.7. The SMILES string of the molecule is CCOCCN(C(=O)Cc1ccc(C(F)(F)F)cc1)C(C)c1nc2ccccc2c(=O)n1-c1ccc(C#N)cc1. The predicted octanol–water partition coefficient (Wildman–Crippen LogP) is 5.44. The van der Waals surface area contributed by atoms with E-state index in [4.69, 9.17) is 9.72 Å². The fourth-order valence-corrected chi connectivity index (χ4v) is 4.43. The number of aromatic nitrogens is 2. The third-order valence-electron chi connectivity index (χ3n) is 6.54. The maximum Gasteiger partial charge on any atom is 0.416 e. The number of nitriles is 1. The van der Waals surface area contributed by atoms with Gasteiger partial charge in [0.2, 0.25) is 5.91 Å². The molecule has 0 aliphatic rings. The predicted molar refractivity (Wildman–Crippen MR) is 144 cm³/mol. The van der Waals surface area contributed by atoms with Gasteiger partial charge in [0.15, 0.2) is 0 Å². The Balaban J connectivity index is 1.77. The topological polar surface area (TPSA) is 88.2 Å². The summed E-state index contributed by atoms with van der Waals surface area (Å²) >= 11 is 0. The van der Waals surface area contributed by atoms with Crippen molar-refractivity contribution in [1.29, 1.82) is 5.26 Å². The number of carbonyl (C=O) groups is 1. The molecule has 206 valence electrons. The lowest BCUT2D eigenvalue weighted by molar-refractivity contribution is -0.137. The Hall–Kier alpha value is -4.49. The van der Waals surface area contributed by atoms with E-state index in [-0.39, 0.29) is 31.0 Å². The van der Waals surface area contributed by atoms with Crippen LogP contribution in [-0.2, 0) is 22.1 Å². The lowest BCUT2D eigenvalue weighted by Gasteiger charge is -2.30. The van der Waals surface area contributed by atoms with Crippen molar-refractivity contribution >= 4 is 16.8 Å². The Kier molecular flexibility index (Phi) is 8.65. The fourth-order valence-electron chi connectivity index (χ4n) is 4.43. The van der Waals surface area contributed by atoms with Gasteiger partial charge in [0, 0.05) is 13.2 Å². The molecule has 0 bridgehead atoms. The zero-order chi connectivity index (χ0) is 28.9. The number of rotatable bonds is 9. The number of fused-ring (bicyclic) bond motifs is 1. The van der Waals surface area contributed by atoms with Crippen molar-refractivity contribution in [1.82, 2.24) is 14.5 Å². The number of alkyl halides is 3. The fraction of sp³-hybridized carbons (Fsp3) is 0.267. The quantitative estimate of drug-likeness (QED) is 0.260. The van der Waals surface area contributed by atoms with Gasteiger partial charge in [0.05, 0.1) is 52.9 Å². The second-order valence-corrected chi connectivity index (χ2v) is 9.12. The van der Waals surface area contributed by atoms with Crippen LogP contribution in [-0.4, -0.2) is 40.1 Å². The van der Waals surface area contributed by atoms with Gasteiger partial charge in [0.25, 0.3) is 5.56 Å². The van der Waals surface area contributed by atoms with E-state index >= 15 is 0 Å². The standard InChI is InChI=1S/C30H27F3N4O3/c1-3-40-17-16-36(27(38)18-21-8-12-23(13-9-21)30(31,32)33)20(2)28-35-26-7-5-4-6-25(26)29(39)37(28)24-14-10-22(19-34)11-15-24/h4-15,20H,3,16-18H2,1-2H3. The molecule has 4 aromatic rings. The molecule has 10 heteroatoms. The molecule has 3 aromatic carbocycles. The lowest BCUT2D eigenvalue weighted by atomic mass is 10.1. The van der Waals surface area contributed by atoms with E-state index in [0.29, 0.717) is 40.1 Å². The van der Waals surface area contributed by atoms with Gasteiger partial charge >= 0.3 is 6.18 Å². The van der Waals surface area contributed by atoms with Crippen LogP contribution >= 0.6 is 0 Å². The van der Waals surface area contributed by atoms with E-state index in [1.54, 1.807) is 55.5 Å². The Morgan fingerprint density at radius 2 is 1.75 bits per heavy atom. The van der Waals surface area contributed by atoms with Crippen LogP contribution in [0.1, 0.15) is 42.4 Å². The van der Waals surface area contributed by atoms with Crippen molar-refractivity contribution in [2.75, 3.05) is 19.8 Å². The van der Waals surface area contributed by atoms with E-state index in [1.807, 2.05) is 6.92 Å². The van der Waals surface area contributed by atoms with E-state index in [2.05, 4.69) is 6.07 Å². The third-order valence-corrected chi connectivity index (χ3v) is 6.54. The van der Waals surface area contributed by atoms with Crippen molar-refractivity contribution in [3.63, 3.8) is 0 Å². The minimum atomic E-state index is -4.47. The highest BCUT2D eigenvalue weighted by molar-refractivity contribution is 5.80. The highest BCUT2D eigenvalue weighted by Crippen LogP contribution is 2.29. The minimum Gasteiger partial charge on any atom is -0.380 e. The first kappa shape index (κ1) is 28.5. The van der Waals surface area contributed by atoms with Crippen LogP contribution in [0.3, 0.4) is 0 Å². The summed E-state index contributed by atoms with van der Waals surface area (Å²) in [5, 5.41) is 9.60. The molecule has 0 saturated heterocycles. The maximum absolute atomic E-state index is 13.7. The summed E-state index contributed by atoms with van der Waals surface area (Å²) in [6.45, 7) is 4.39. The molecule has 40 heavy (non-hydrogen) atoms. The summed E-state index contributed by atoms with van der Waals surface area (Å²) in [5.41, 5.74) is 0.644. The zero-order valence-electron chi connectivity index (χ0n) is 22.0. The lowest BCUT2D eigenvalue weighted by Crippen LogP contribution is -2.40. The average Bonchev–Trinajstić information content (AvgIpc) is 2.95. The van der Waals surface area contributed by atoms with Crippen molar-refractivity contribution < 1.29 is 22.7 Å². The molecule has 1 atom stereocenters. The van der Waals surface area contributed by atoms with Crippen LogP contribution in [0.5, 0.6) is 0 Å². The molecule has 7 nitrogen and oxygen atoms in total. The maximum atomic E-state index is 13.7. The van der Waals surface area contributed by atoms with Gasteiger partial charge in [-0.3, -0.25) is 14.2 Å². The molecular weight excluding hydrogens is 521 g/mol. The molecule has 1 unspecified atom stereocenters. The van der Waals surface area contributed by atoms with Crippen LogP contribution in [0.25, 0.3) is 16.6 Å². The van der Waals surface area contributed by atoms with Crippen molar-refractivity contribution in [2.45, 2.75) is 32.5 Å². The van der Waals surface area contributed by atoms with Gasteiger partial charge in [-0.15, -0.1) is 0 Å². The van der Waals surface area contributed by atoms with Crippen molar-refractivity contribution in [2.24, 2.45) is 0 Å². The van der Waals surface area contributed by atoms with Gasteiger partial charge in [0.1, 0.15) is 5.82 Å². The number of para-hydroxylation sites is 1. The Morgan fingerprint density at radius 3 is 2.38 bits per heavy atom. The first-order valence-corrected chi connectivity index (χ1v) is 12.7. The number of halogens is 3. The molecule has 0 saturated carbocycles. The summed E-state index contributed by atoms with van der Waals surface area (Å²) in [5.74, 6) is -0.0635. The van der Waals surface area contributed by atoms with Gasteiger partial charge in [-0.25, -0.2) is 4.98 Å². The number of hydrogen-bond acceptors (Lipinski definition) is 5. The second kappa shape index (κ2) is 12.1. The summed E-state index contributed by atoms with van der Waals surface area (Å²) in [4.78, 5) is 33.6. The number of nitrogens with zero attached hydrogens (tertiary/aromatic N) is 4. The van der Waals surface area contributed by atoms with Crippen molar-refractivity contribution in [3.8, 4) is 11.8 Å². The summed E-state index contributed by atoms with van der Waals surface area (Å²) in [6, 6.07) is 19.1. The molecule has 1 heterocycles. The van der Waals surface area contributed by atoms with Gasteiger partial charge < -0.3 is 9.64 Å². The minimum absolute atomic E-state index is 0.150. The van der Waals surface area contributed by atoms with Crippen LogP contribution < -0.4 is 5.56 Å². The molecule has 4 rings (SSSR count). The van der Waals surface area contributed by atoms with Gasteiger partial charge in [-0.2, -0.15) is 18.4 Å². The molecule has 1 amide bonds. The highest BCUT2D eigenvalue weighted by atomic mass is 19.4. The van der Waals surface area contributed by atoms with Crippen LogP contribution in [0.2, 0.25) is 0 Å². The zero-order valence-corrected chi connectivity index (χ0v) is 22.0. The van der Waals surface area contributed by atoms with Crippen LogP contribution in [0, 0.1) is 11.3 Å². The van der Waals surface area contributed by atoms with Crippen molar-refractivity contribution in [3.05, 3.63) is 106 Å². The van der Waals surface area contributed by atoms with E-state index in [9.17, 15) is 28.0 Å². The summed E-state index contributed by atoms with van der Waals surface area (Å²) in [6.07, 6.45) is -4.62.